The summed E-state index contributed by atoms with van der Waals surface area (Å²) in [7, 11) is 1.60. The van der Waals surface area contributed by atoms with E-state index < -0.39 is 18.1 Å². The van der Waals surface area contributed by atoms with E-state index in [1.807, 2.05) is 30.3 Å². The fourth-order valence-electron chi connectivity index (χ4n) is 3.16. The summed E-state index contributed by atoms with van der Waals surface area (Å²) in [5.74, 6) is 0.220. The highest BCUT2D eigenvalue weighted by Gasteiger charge is 2.36. The van der Waals surface area contributed by atoms with Crippen molar-refractivity contribution in [3.63, 3.8) is 0 Å². The molecule has 1 amide bonds. The molecule has 0 radical (unpaired) electrons. The summed E-state index contributed by atoms with van der Waals surface area (Å²) < 4.78 is 19.1. The number of halogens is 1. The maximum absolute atomic E-state index is 13.7. The van der Waals surface area contributed by atoms with Gasteiger partial charge in [0, 0.05) is 37.5 Å². The molecule has 2 atom stereocenters. The number of ether oxygens (including phenoxy) is 1. The van der Waals surface area contributed by atoms with Crippen LogP contribution < -0.4 is 10.5 Å². The van der Waals surface area contributed by atoms with E-state index >= 15 is 0 Å². The Bertz CT molecular complexity index is 723. The standard InChI is InChI=1S/C18H20FN3O2/c1-24-17-3-2-13(12-4-6-21-7-5-12)8-14(17)10-22-11-15(19)9-16(22)18(20)23/h2-8,15-16H,9-11H2,1H3,(H2,20,23)/t15-,16+/m1/s1. The largest absolute Gasteiger partial charge is 0.496 e. The minimum Gasteiger partial charge on any atom is -0.496 e. The first-order chi connectivity index (χ1) is 11.6. The van der Waals surface area contributed by atoms with Gasteiger partial charge in [0.15, 0.2) is 0 Å². The van der Waals surface area contributed by atoms with Crippen LogP contribution in [0.1, 0.15) is 12.0 Å². The predicted molar refractivity (Wildman–Crippen MR) is 89.1 cm³/mol. The van der Waals surface area contributed by atoms with Gasteiger partial charge >= 0.3 is 0 Å². The first-order valence-corrected chi connectivity index (χ1v) is 7.83. The lowest BCUT2D eigenvalue weighted by Crippen LogP contribution is -2.39. The number of hydrogen-bond acceptors (Lipinski definition) is 4. The number of carbonyl (C=O) groups excluding carboxylic acids is 1. The average Bonchev–Trinajstić information content (AvgIpc) is 2.96. The van der Waals surface area contributed by atoms with E-state index in [0.29, 0.717) is 12.3 Å². The number of hydrogen-bond donors (Lipinski definition) is 1. The summed E-state index contributed by atoms with van der Waals surface area (Å²) in [5.41, 5.74) is 8.35. The molecule has 0 spiro atoms. The Balaban J connectivity index is 1.90. The Kier molecular flexibility index (Phi) is 4.76. The Morgan fingerprint density at radius 2 is 2.08 bits per heavy atom. The molecule has 2 N–H and O–H groups in total. The monoisotopic (exact) mass is 329 g/mol. The second kappa shape index (κ2) is 6.97. The zero-order valence-electron chi connectivity index (χ0n) is 13.5. The van der Waals surface area contributed by atoms with Crippen LogP contribution in [0, 0.1) is 0 Å². The van der Waals surface area contributed by atoms with Crippen molar-refractivity contribution in [2.24, 2.45) is 5.73 Å². The number of carbonyl (C=O) groups is 1. The third-order valence-electron chi connectivity index (χ3n) is 4.35. The van der Waals surface area contributed by atoms with Crippen LogP contribution >= 0.6 is 0 Å². The molecule has 0 aliphatic carbocycles. The fourth-order valence-corrected chi connectivity index (χ4v) is 3.16. The highest BCUT2D eigenvalue weighted by molar-refractivity contribution is 5.80. The summed E-state index contributed by atoms with van der Waals surface area (Å²) in [4.78, 5) is 17.4. The maximum Gasteiger partial charge on any atom is 0.234 e. The number of nitrogens with two attached hydrogens (primary N) is 1. The first kappa shape index (κ1) is 16.4. The molecular weight excluding hydrogens is 309 g/mol. The van der Waals surface area contributed by atoms with Gasteiger partial charge in [0.25, 0.3) is 0 Å². The van der Waals surface area contributed by atoms with Gasteiger partial charge in [-0.05, 0) is 35.4 Å². The average molecular weight is 329 g/mol. The van der Waals surface area contributed by atoms with Gasteiger partial charge in [-0.3, -0.25) is 14.7 Å². The summed E-state index contributed by atoms with van der Waals surface area (Å²) in [6.45, 7) is 0.617. The van der Waals surface area contributed by atoms with Crippen molar-refractivity contribution in [1.82, 2.24) is 9.88 Å². The normalized spacial score (nSPS) is 20.9. The van der Waals surface area contributed by atoms with Crippen LogP contribution in [-0.4, -0.2) is 41.7 Å². The van der Waals surface area contributed by atoms with Crippen molar-refractivity contribution in [3.8, 4) is 16.9 Å². The number of pyridine rings is 1. The van der Waals surface area contributed by atoms with E-state index in [9.17, 15) is 9.18 Å². The lowest BCUT2D eigenvalue weighted by molar-refractivity contribution is -0.122. The van der Waals surface area contributed by atoms with Crippen molar-refractivity contribution in [1.29, 1.82) is 0 Å². The SMILES string of the molecule is COc1ccc(-c2ccncc2)cc1CN1C[C@H](F)C[C@H]1C(N)=O. The molecule has 1 aromatic heterocycles. The van der Waals surface area contributed by atoms with Crippen LogP contribution in [-0.2, 0) is 11.3 Å². The van der Waals surface area contributed by atoms with E-state index in [4.69, 9.17) is 10.5 Å². The molecule has 24 heavy (non-hydrogen) atoms. The summed E-state index contributed by atoms with van der Waals surface area (Å²) >= 11 is 0. The first-order valence-electron chi connectivity index (χ1n) is 7.83. The molecule has 1 aliphatic rings. The van der Waals surface area contributed by atoms with Gasteiger partial charge < -0.3 is 10.5 Å². The van der Waals surface area contributed by atoms with Crippen LogP contribution in [0.4, 0.5) is 4.39 Å². The molecule has 3 rings (SSSR count). The number of amides is 1. The molecule has 2 aromatic rings. The molecule has 5 nitrogen and oxygen atoms in total. The van der Waals surface area contributed by atoms with Crippen LogP contribution in [0.2, 0.25) is 0 Å². The number of alkyl halides is 1. The predicted octanol–water partition coefficient (Wildman–Crippen LogP) is 2.15. The summed E-state index contributed by atoms with van der Waals surface area (Å²) in [6.07, 6.45) is 2.59. The minimum atomic E-state index is -1.03. The van der Waals surface area contributed by atoms with Crippen LogP contribution in [0.3, 0.4) is 0 Å². The Labute approximate surface area is 140 Å². The van der Waals surface area contributed by atoms with Gasteiger partial charge in [-0.2, -0.15) is 0 Å². The Morgan fingerprint density at radius 1 is 1.33 bits per heavy atom. The number of primary amides is 1. The van der Waals surface area contributed by atoms with E-state index in [1.165, 1.54) is 0 Å². The van der Waals surface area contributed by atoms with Crippen LogP contribution in [0.15, 0.2) is 42.7 Å². The van der Waals surface area contributed by atoms with Gasteiger partial charge in [0.2, 0.25) is 5.91 Å². The Hall–Kier alpha value is -2.47. The van der Waals surface area contributed by atoms with E-state index in [1.54, 1.807) is 24.4 Å². The second-order valence-electron chi connectivity index (χ2n) is 5.94. The lowest BCUT2D eigenvalue weighted by atomic mass is 10.0. The van der Waals surface area contributed by atoms with Crippen molar-refractivity contribution in [2.45, 2.75) is 25.2 Å². The van der Waals surface area contributed by atoms with E-state index in [2.05, 4.69) is 4.98 Å². The third kappa shape index (κ3) is 3.38. The quantitative estimate of drug-likeness (QED) is 0.913. The van der Waals surface area contributed by atoms with Gasteiger partial charge in [0.05, 0.1) is 13.2 Å². The molecule has 0 unspecified atom stereocenters. The zero-order valence-corrected chi connectivity index (χ0v) is 13.5. The van der Waals surface area contributed by atoms with Gasteiger partial charge in [0.1, 0.15) is 11.9 Å². The van der Waals surface area contributed by atoms with Crippen molar-refractivity contribution < 1.29 is 13.9 Å². The number of rotatable bonds is 5. The Morgan fingerprint density at radius 3 is 2.75 bits per heavy atom. The van der Waals surface area contributed by atoms with Gasteiger partial charge in [-0.25, -0.2) is 4.39 Å². The molecule has 1 fully saturated rings. The number of benzene rings is 1. The number of aromatic nitrogens is 1. The summed E-state index contributed by atoms with van der Waals surface area (Å²) in [6, 6.07) is 9.11. The smallest absolute Gasteiger partial charge is 0.234 e. The highest BCUT2D eigenvalue weighted by atomic mass is 19.1. The molecule has 6 heteroatoms. The molecule has 126 valence electrons. The maximum atomic E-state index is 13.7. The van der Waals surface area contributed by atoms with Crippen molar-refractivity contribution in [2.75, 3.05) is 13.7 Å². The molecule has 1 saturated heterocycles. The molecule has 0 bridgehead atoms. The van der Waals surface area contributed by atoms with E-state index in [-0.39, 0.29) is 13.0 Å². The second-order valence-corrected chi connectivity index (χ2v) is 5.94. The van der Waals surface area contributed by atoms with Crippen LogP contribution in [0.5, 0.6) is 5.75 Å². The molecule has 1 aliphatic heterocycles. The highest BCUT2D eigenvalue weighted by Crippen LogP contribution is 2.30. The van der Waals surface area contributed by atoms with E-state index in [0.717, 1.165) is 16.7 Å². The number of nitrogens with zero attached hydrogens (tertiary/aromatic N) is 2. The zero-order chi connectivity index (χ0) is 17.1. The van der Waals surface area contributed by atoms with Crippen molar-refractivity contribution in [3.05, 3.63) is 48.3 Å². The molecule has 2 heterocycles. The molecular formula is C18H20FN3O2. The lowest BCUT2D eigenvalue weighted by Gasteiger charge is -2.23. The third-order valence-corrected chi connectivity index (χ3v) is 4.35. The van der Waals surface area contributed by atoms with Gasteiger partial charge in [-0.1, -0.05) is 6.07 Å². The number of likely N-dealkylation sites (tertiary alicyclic amines) is 1. The van der Waals surface area contributed by atoms with Crippen LogP contribution in [0.25, 0.3) is 11.1 Å². The number of methoxy groups -OCH3 is 1. The molecule has 0 saturated carbocycles. The van der Waals surface area contributed by atoms with Crippen molar-refractivity contribution >= 4 is 5.91 Å². The minimum absolute atomic E-state index is 0.154. The fraction of sp³-hybridized carbons (Fsp3) is 0.333. The van der Waals surface area contributed by atoms with Gasteiger partial charge in [-0.15, -0.1) is 0 Å². The topological polar surface area (TPSA) is 68.4 Å². The molecule has 1 aromatic carbocycles. The summed E-state index contributed by atoms with van der Waals surface area (Å²) in [5, 5.41) is 0.